The average Bonchev–Trinajstić information content (AvgIpc) is 2.28. The summed E-state index contributed by atoms with van der Waals surface area (Å²) in [6.07, 6.45) is 6.76. The zero-order chi connectivity index (χ0) is 12.0. The van der Waals surface area contributed by atoms with Crippen molar-refractivity contribution in [2.75, 3.05) is 19.6 Å². The van der Waals surface area contributed by atoms with Crippen LogP contribution < -0.4 is 5.73 Å². The summed E-state index contributed by atoms with van der Waals surface area (Å²) in [6.45, 7) is 10.5. The van der Waals surface area contributed by atoms with Gasteiger partial charge in [-0.15, -0.1) is 0 Å². The lowest BCUT2D eigenvalue weighted by atomic mass is 9.92. The molecule has 1 fully saturated rings. The van der Waals surface area contributed by atoms with E-state index in [1.807, 2.05) is 0 Å². The Morgan fingerprint density at radius 3 is 2.38 bits per heavy atom. The van der Waals surface area contributed by atoms with Gasteiger partial charge in [-0.05, 0) is 50.7 Å². The lowest BCUT2D eigenvalue weighted by molar-refractivity contribution is 0.171. The van der Waals surface area contributed by atoms with Gasteiger partial charge in [-0.1, -0.05) is 33.6 Å². The highest BCUT2D eigenvalue weighted by atomic mass is 15.1. The van der Waals surface area contributed by atoms with E-state index >= 15 is 0 Å². The minimum atomic E-state index is 0.383. The average molecular weight is 226 g/mol. The Morgan fingerprint density at radius 1 is 1.25 bits per heavy atom. The highest BCUT2D eigenvalue weighted by Crippen LogP contribution is 2.21. The first kappa shape index (κ1) is 14.0. The summed E-state index contributed by atoms with van der Waals surface area (Å²) in [6, 6.07) is 0.383. The molecule has 16 heavy (non-hydrogen) atoms. The summed E-state index contributed by atoms with van der Waals surface area (Å²) in [5, 5.41) is 0. The second-order valence-corrected chi connectivity index (χ2v) is 5.77. The molecule has 2 N–H and O–H groups in total. The molecule has 1 aliphatic rings. The lowest BCUT2D eigenvalue weighted by Gasteiger charge is -2.32. The van der Waals surface area contributed by atoms with Crippen molar-refractivity contribution in [1.82, 2.24) is 4.90 Å². The van der Waals surface area contributed by atoms with Crippen LogP contribution in [0.15, 0.2) is 0 Å². The van der Waals surface area contributed by atoms with E-state index in [0.29, 0.717) is 12.0 Å². The Bertz CT molecular complexity index is 172. The third-order valence-corrected chi connectivity index (χ3v) is 4.04. The van der Waals surface area contributed by atoms with Gasteiger partial charge in [0.25, 0.3) is 0 Å². The zero-order valence-electron chi connectivity index (χ0n) is 11.4. The maximum Gasteiger partial charge on any atom is 0.00740 e. The van der Waals surface area contributed by atoms with Gasteiger partial charge < -0.3 is 10.6 Å². The Hall–Kier alpha value is -0.0800. The minimum absolute atomic E-state index is 0.383. The molecule has 1 aliphatic heterocycles. The largest absolute Gasteiger partial charge is 0.327 e. The fourth-order valence-electron chi connectivity index (χ4n) is 2.57. The van der Waals surface area contributed by atoms with Crippen molar-refractivity contribution in [3.8, 4) is 0 Å². The SMILES string of the molecule is CCCC1CCN(CCC(N)C(C)C)CC1. The molecule has 1 heterocycles. The first-order valence-corrected chi connectivity index (χ1v) is 7.11. The molecule has 96 valence electrons. The van der Waals surface area contributed by atoms with Crippen LogP contribution in [0.25, 0.3) is 0 Å². The molecule has 0 aromatic carbocycles. The second-order valence-electron chi connectivity index (χ2n) is 5.77. The molecule has 1 rings (SSSR count). The standard InChI is InChI=1S/C14H30N2/c1-4-5-13-6-9-16(10-7-13)11-8-14(15)12(2)3/h12-14H,4-11,15H2,1-3H3. The topological polar surface area (TPSA) is 29.3 Å². The van der Waals surface area contributed by atoms with E-state index in [2.05, 4.69) is 25.7 Å². The first-order valence-electron chi connectivity index (χ1n) is 7.11. The van der Waals surface area contributed by atoms with Crippen LogP contribution in [0.2, 0.25) is 0 Å². The Labute approximate surface area is 102 Å². The lowest BCUT2D eigenvalue weighted by Crippen LogP contribution is -2.38. The molecule has 0 saturated carbocycles. The highest BCUT2D eigenvalue weighted by Gasteiger charge is 2.19. The van der Waals surface area contributed by atoms with Gasteiger partial charge in [0.15, 0.2) is 0 Å². The summed E-state index contributed by atoms with van der Waals surface area (Å²) in [4.78, 5) is 2.61. The Morgan fingerprint density at radius 2 is 1.88 bits per heavy atom. The number of rotatable bonds is 6. The molecule has 0 radical (unpaired) electrons. The van der Waals surface area contributed by atoms with Gasteiger partial charge in [-0.3, -0.25) is 0 Å². The normalized spacial score (nSPS) is 21.6. The van der Waals surface area contributed by atoms with E-state index in [4.69, 9.17) is 5.73 Å². The molecule has 1 atom stereocenters. The van der Waals surface area contributed by atoms with Gasteiger partial charge in [0, 0.05) is 6.04 Å². The zero-order valence-corrected chi connectivity index (χ0v) is 11.4. The van der Waals surface area contributed by atoms with Gasteiger partial charge in [0.05, 0.1) is 0 Å². The van der Waals surface area contributed by atoms with Gasteiger partial charge >= 0.3 is 0 Å². The molecule has 1 saturated heterocycles. The van der Waals surface area contributed by atoms with Crippen LogP contribution >= 0.6 is 0 Å². The summed E-state index contributed by atoms with van der Waals surface area (Å²) in [5.41, 5.74) is 6.08. The van der Waals surface area contributed by atoms with Crippen molar-refractivity contribution in [3.63, 3.8) is 0 Å². The maximum atomic E-state index is 6.08. The fourth-order valence-corrected chi connectivity index (χ4v) is 2.57. The fraction of sp³-hybridized carbons (Fsp3) is 1.00. The monoisotopic (exact) mass is 226 g/mol. The molecule has 1 unspecified atom stereocenters. The Kier molecular flexibility index (Phi) is 6.37. The van der Waals surface area contributed by atoms with Crippen LogP contribution in [0.5, 0.6) is 0 Å². The third kappa shape index (κ3) is 4.84. The van der Waals surface area contributed by atoms with Crippen molar-refractivity contribution in [1.29, 1.82) is 0 Å². The van der Waals surface area contributed by atoms with Crippen molar-refractivity contribution >= 4 is 0 Å². The molecule has 0 amide bonds. The van der Waals surface area contributed by atoms with Gasteiger partial charge in [-0.2, -0.15) is 0 Å². The summed E-state index contributed by atoms with van der Waals surface area (Å²) in [5.74, 6) is 1.62. The number of nitrogens with zero attached hydrogens (tertiary/aromatic N) is 1. The number of hydrogen-bond donors (Lipinski definition) is 1. The minimum Gasteiger partial charge on any atom is -0.327 e. The molecule has 0 spiro atoms. The third-order valence-electron chi connectivity index (χ3n) is 4.04. The first-order chi connectivity index (χ1) is 7.63. The van der Waals surface area contributed by atoms with Crippen LogP contribution in [-0.2, 0) is 0 Å². The molecule has 0 aromatic heterocycles. The van der Waals surface area contributed by atoms with E-state index < -0.39 is 0 Å². The van der Waals surface area contributed by atoms with Gasteiger partial charge in [0.1, 0.15) is 0 Å². The summed E-state index contributed by atoms with van der Waals surface area (Å²) >= 11 is 0. The molecule has 0 aromatic rings. The van der Waals surface area contributed by atoms with Crippen molar-refractivity contribution in [2.24, 2.45) is 17.6 Å². The quantitative estimate of drug-likeness (QED) is 0.754. The molecule has 0 aliphatic carbocycles. The van der Waals surface area contributed by atoms with Gasteiger partial charge in [-0.25, -0.2) is 0 Å². The molecule has 2 heteroatoms. The van der Waals surface area contributed by atoms with Crippen LogP contribution in [0.4, 0.5) is 0 Å². The predicted molar refractivity (Wildman–Crippen MR) is 71.5 cm³/mol. The number of hydrogen-bond acceptors (Lipinski definition) is 2. The smallest absolute Gasteiger partial charge is 0.00740 e. The maximum absolute atomic E-state index is 6.08. The number of nitrogens with two attached hydrogens (primary N) is 1. The van der Waals surface area contributed by atoms with Crippen LogP contribution in [-0.4, -0.2) is 30.6 Å². The van der Waals surface area contributed by atoms with Crippen LogP contribution in [0, 0.1) is 11.8 Å². The van der Waals surface area contributed by atoms with E-state index in [1.165, 1.54) is 45.3 Å². The predicted octanol–water partition coefficient (Wildman–Crippen LogP) is 2.87. The van der Waals surface area contributed by atoms with Crippen LogP contribution in [0.3, 0.4) is 0 Å². The van der Waals surface area contributed by atoms with E-state index in [0.717, 1.165) is 12.3 Å². The van der Waals surface area contributed by atoms with E-state index in [1.54, 1.807) is 0 Å². The number of piperidine rings is 1. The van der Waals surface area contributed by atoms with E-state index in [-0.39, 0.29) is 0 Å². The summed E-state index contributed by atoms with van der Waals surface area (Å²) in [7, 11) is 0. The van der Waals surface area contributed by atoms with Crippen molar-refractivity contribution in [2.45, 2.75) is 58.9 Å². The molecular formula is C14H30N2. The molecule has 2 nitrogen and oxygen atoms in total. The van der Waals surface area contributed by atoms with Crippen molar-refractivity contribution < 1.29 is 0 Å². The summed E-state index contributed by atoms with van der Waals surface area (Å²) < 4.78 is 0. The van der Waals surface area contributed by atoms with Gasteiger partial charge in [0.2, 0.25) is 0 Å². The molecule has 0 bridgehead atoms. The van der Waals surface area contributed by atoms with Crippen LogP contribution in [0.1, 0.15) is 52.9 Å². The highest BCUT2D eigenvalue weighted by molar-refractivity contribution is 4.74. The number of likely N-dealkylation sites (tertiary alicyclic amines) is 1. The second kappa shape index (κ2) is 7.29. The molecular weight excluding hydrogens is 196 g/mol. The van der Waals surface area contributed by atoms with Crippen molar-refractivity contribution in [3.05, 3.63) is 0 Å². The Balaban J connectivity index is 2.12. The van der Waals surface area contributed by atoms with E-state index in [9.17, 15) is 0 Å².